The van der Waals surface area contributed by atoms with Gasteiger partial charge < -0.3 is 10.2 Å². The average molecular weight is 465 g/mol. The third-order valence-electron chi connectivity index (χ3n) is 6.15. The maximum absolute atomic E-state index is 13.6. The topological polar surface area (TPSA) is 49.4 Å². The molecule has 1 heterocycles. The first kappa shape index (κ1) is 23.2. The highest BCUT2D eigenvalue weighted by Crippen LogP contribution is 2.27. The highest BCUT2D eigenvalue weighted by Gasteiger charge is 2.33. The maximum Gasteiger partial charge on any atom is 0.247 e. The van der Waals surface area contributed by atoms with E-state index in [0.29, 0.717) is 0 Å². The van der Waals surface area contributed by atoms with Crippen molar-refractivity contribution < 1.29 is 14.0 Å². The van der Waals surface area contributed by atoms with E-state index in [2.05, 4.69) is 5.32 Å². The number of nitrogens with zero attached hydrogens (tertiary/aromatic N) is 1. The van der Waals surface area contributed by atoms with Crippen LogP contribution in [0.5, 0.6) is 0 Å². The molecule has 1 aliphatic rings. The molecule has 1 aliphatic carbocycles. The fraction of sp³-hybridized carbons (Fsp3) is 0.333. The fourth-order valence-corrected chi connectivity index (χ4v) is 5.04. The summed E-state index contributed by atoms with van der Waals surface area (Å²) < 4.78 is 13.5. The van der Waals surface area contributed by atoms with Crippen LogP contribution in [-0.2, 0) is 22.6 Å². The molecule has 0 bridgehead atoms. The summed E-state index contributed by atoms with van der Waals surface area (Å²) >= 11 is 1.52. The number of aryl methyl sites for hydroxylation is 1. The van der Waals surface area contributed by atoms with Gasteiger partial charge in [-0.15, -0.1) is 11.3 Å². The molecule has 1 saturated carbocycles. The number of thiophene rings is 1. The number of carbonyl (C=O) groups excluding carboxylic acids is 2. The summed E-state index contributed by atoms with van der Waals surface area (Å²) in [7, 11) is 0. The first-order valence-corrected chi connectivity index (χ1v) is 12.3. The lowest BCUT2D eigenvalue weighted by Gasteiger charge is -2.32. The Hall–Kier alpha value is -2.99. The number of rotatable bonds is 8. The number of hydrogen-bond donors (Lipinski definition) is 1. The van der Waals surface area contributed by atoms with Crippen LogP contribution in [0.2, 0.25) is 0 Å². The third kappa shape index (κ3) is 6.08. The van der Waals surface area contributed by atoms with Crippen LogP contribution in [0.3, 0.4) is 0 Å². The molecule has 2 aromatic carbocycles. The van der Waals surface area contributed by atoms with Crippen LogP contribution in [0, 0.1) is 12.7 Å². The Balaban J connectivity index is 1.69. The predicted octanol–water partition coefficient (Wildman–Crippen LogP) is 5.57. The van der Waals surface area contributed by atoms with Crippen molar-refractivity contribution in [1.29, 1.82) is 0 Å². The second-order valence-electron chi connectivity index (χ2n) is 8.71. The molecule has 4 nitrogen and oxygen atoms in total. The van der Waals surface area contributed by atoms with Crippen LogP contribution >= 0.6 is 11.3 Å². The van der Waals surface area contributed by atoms with Gasteiger partial charge >= 0.3 is 0 Å². The minimum Gasteiger partial charge on any atom is -0.351 e. The molecule has 1 unspecified atom stereocenters. The van der Waals surface area contributed by atoms with E-state index in [-0.39, 0.29) is 36.6 Å². The molecule has 2 amide bonds. The van der Waals surface area contributed by atoms with Gasteiger partial charge in [-0.05, 0) is 54.5 Å². The van der Waals surface area contributed by atoms with Gasteiger partial charge in [0.2, 0.25) is 11.8 Å². The van der Waals surface area contributed by atoms with E-state index in [1.165, 1.54) is 23.5 Å². The molecule has 1 N–H and O–H groups in total. The largest absolute Gasteiger partial charge is 0.351 e. The molecular formula is C27H29FN2O2S. The van der Waals surface area contributed by atoms with E-state index in [0.717, 1.165) is 47.3 Å². The smallest absolute Gasteiger partial charge is 0.247 e. The van der Waals surface area contributed by atoms with Crippen molar-refractivity contribution in [3.63, 3.8) is 0 Å². The summed E-state index contributed by atoms with van der Waals surface area (Å²) in [5.41, 5.74) is 2.64. The molecule has 0 aliphatic heterocycles. The summed E-state index contributed by atoms with van der Waals surface area (Å²) in [5, 5.41) is 5.13. The van der Waals surface area contributed by atoms with E-state index in [9.17, 15) is 14.0 Å². The minimum absolute atomic E-state index is 0.131. The summed E-state index contributed by atoms with van der Waals surface area (Å²) in [6.45, 7) is 2.22. The van der Waals surface area contributed by atoms with Gasteiger partial charge in [0.05, 0.1) is 6.42 Å². The molecule has 0 spiro atoms. The summed E-state index contributed by atoms with van der Waals surface area (Å²) in [6.07, 6.45) is 4.37. The second-order valence-corrected chi connectivity index (χ2v) is 9.74. The van der Waals surface area contributed by atoms with Crippen molar-refractivity contribution in [2.24, 2.45) is 0 Å². The molecule has 33 heavy (non-hydrogen) atoms. The summed E-state index contributed by atoms with van der Waals surface area (Å²) in [6, 6.07) is 17.1. The van der Waals surface area contributed by atoms with Crippen LogP contribution in [-0.4, -0.2) is 22.8 Å². The zero-order valence-electron chi connectivity index (χ0n) is 18.8. The van der Waals surface area contributed by atoms with Gasteiger partial charge in [-0.25, -0.2) is 4.39 Å². The van der Waals surface area contributed by atoms with Gasteiger partial charge in [0.15, 0.2) is 0 Å². The molecule has 0 radical (unpaired) electrons. The van der Waals surface area contributed by atoms with Crippen LogP contribution in [0.1, 0.15) is 53.3 Å². The van der Waals surface area contributed by atoms with E-state index < -0.39 is 6.04 Å². The van der Waals surface area contributed by atoms with Crippen molar-refractivity contribution in [2.75, 3.05) is 0 Å². The fourth-order valence-electron chi connectivity index (χ4n) is 4.35. The first-order valence-electron chi connectivity index (χ1n) is 11.4. The number of nitrogens with one attached hydrogen (secondary N) is 1. The van der Waals surface area contributed by atoms with E-state index in [1.54, 1.807) is 17.0 Å². The molecule has 1 fully saturated rings. The normalized spacial score (nSPS) is 14.7. The van der Waals surface area contributed by atoms with Crippen molar-refractivity contribution in [2.45, 2.75) is 57.7 Å². The van der Waals surface area contributed by atoms with Gasteiger partial charge in [-0.3, -0.25) is 9.59 Å². The molecule has 0 saturated heterocycles. The Morgan fingerprint density at radius 3 is 2.39 bits per heavy atom. The molecule has 1 atom stereocenters. The van der Waals surface area contributed by atoms with Crippen LogP contribution in [0.4, 0.5) is 4.39 Å². The molecular weight excluding hydrogens is 435 g/mol. The van der Waals surface area contributed by atoms with Gasteiger partial charge in [-0.2, -0.15) is 0 Å². The van der Waals surface area contributed by atoms with Crippen molar-refractivity contribution in [1.82, 2.24) is 10.2 Å². The lowest BCUT2D eigenvalue weighted by atomic mass is 10.0. The maximum atomic E-state index is 13.6. The van der Waals surface area contributed by atoms with Crippen molar-refractivity contribution >= 4 is 23.2 Å². The van der Waals surface area contributed by atoms with Crippen LogP contribution in [0.15, 0.2) is 66.0 Å². The predicted molar refractivity (Wildman–Crippen MR) is 129 cm³/mol. The number of amides is 2. The van der Waals surface area contributed by atoms with E-state index in [4.69, 9.17) is 0 Å². The zero-order chi connectivity index (χ0) is 23.2. The zero-order valence-corrected chi connectivity index (χ0v) is 19.6. The lowest BCUT2D eigenvalue weighted by molar-refractivity contribution is -0.141. The van der Waals surface area contributed by atoms with Gasteiger partial charge in [0, 0.05) is 17.5 Å². The summed E-state index contributed by atoms with van der Waals surface area (Å²) in [4.78, 5) is 29.8. The summed E-state index contributed by atoms with van der Waals surface area (Å²) in [5.74, 6) is -0.620. The quantitative estimate of drug-likeness (QED) is 0.474. The Morgan fingerprint density at radius 2 is 1.76 bits per heavy atom. The number of benzene rings is 2. The van der Waals surface area contributed by atoms with Gasteiger partial charge in [-0.1, -0.05) is 60.9 Å². The molecule has 4 rings (SSSR count). The Labute approximate surface area is 198 Å². The monoisotopic (exact) mass is 464 g/mol. The molecule has 1 aromatic heterocycles. The second kappa shape index (κ2) is 10.8. The molecule has 6 heteroatoms. The SMILES string of the molecule is Cc1ccc(C(C(=O)NC2CCCC2)N(Cc2ccc(F)cc2)C(=O)Cc2cccs2)cc1. The van der Waals surface area contributed by atoms with Crippen molar-refractivity contribution in [3.8, 4) is 0 Å². The van der Waals surface area contributed by atoms with Gasteiger partial charge in [0.1, 0.15) is 11.9 Å². The minimum atomic E-state index is -0.760. The number of hydrogen-bond acceptors (Lipinski definition) is 3. The third-order valence-corrected chi connectivity index (χ3v) is 7.02. The van der Waals surface area contributed by atoms with E-state index in [1.807, 2.05) is 48.7 Å². The van der Waals surface area contributed by atoms with Crippen molar-refractivity contribution in [3.05, 3.63) is 93.4 Å². The van der Waals surface area contributed by atoms with Crippen LogP contribution < -0.4 is 5.32 Å². The lowest BCUT2D eigenvalue weighted by Crippen LogP contribution is -2.46. The molecule has 3 aromatic rings. The Bertz CT molecular complexity index is 1060. The Kier molecular flexibility index (Phi) is 7.55. The Morgan fingerprint density at radius 1 is 1.06 bits per heavy atom. The van der Waals surface area contributed by atoms with E-state index >= 15 is 0 Å². The average Bonchev–Trinajstić information content (AvgIpc) is 3.50. The standard InChI is InChI=1S/C27H29FN2O2S/c1-19-8-12-21(13-9-19)26(27(32)29-23-5-2-3-6-23)30(18-20-10-14-22(28)15-11-20)25(31)17-24-7-4-16-33-24/h4,7-16,23,26H,2-3,5-6,17-18H2,1H3,(H,29,32). The highest BCUT2D eigenvalue weighted by atomic mass is 32.1. The van der Waals surface area contributed by atoms with Gasteiger partial charge in [0.25, 0.3) is 0 Å². The first-order chi connectivity index (χ1) is 16.0. The number of carbonyl (C=O) groups is 2. The molecule has 172 valence electrons. The van der Waals surface area contributed by atoms with Crippen LogP contribution in [0.25, 0.3) is 0 Å². The highest BCUT2D eigenvalue weighted by molar-refractivity contribution is 7.10. The number of halogens is 1.